The zero-order chi connectivity index (χ0) is 18.7. The van der Waals surface area contributed by atoms with Gasteiger partial charge in [0, 0.05) is 26.2 Å². The number of halogens is 1. The van der Waals surface area contributed by atoms with Gasteiger partial charge < -0.3 is 15.2 Å². The molecule has 1 fully saturated rings. The van der Waals surface area contributed by atoms with E-state index in [1.165, 1.54) is 10.4 Å². The number of aliphatic hydroxyl groups excluding tert-OH is 1. The quantitative estimate of drug-likeness (QED) is 0.789. The number of piperazine rings is 1. The largest absolute Gasteiger partial charge is 0.456 e. The second-order valence-corrected chi connectivity index (χ2v) is 8.43. The van der Waals surface area contributed by atoms with E-state index < -0.39 is 10.0 Å². The molecule has 2 N–H and O–H groups in total. The van der Waals surface area contributed by atoms with Gasteiger partial charge >= 0.3 is 0 Å². The first-order valence-corrected chi connectivity index (χ1v) is 10.0. The third-order valence-electron chi connectivity index (χ3n) is 4.31. The lowest BCUT2D eigenvalue weighted by Crippen LogP contribution is -2.46. The van der Waals surface area contributed by atoms with Crippen LogP contribution in [0.4, 0.5) is 0 Å². The van der Waals surface area contributed by atoms with Crippen molar-refractivity contribution in [3.8, 4) is 11.5 Å². The summed E-state index contributed by atoms with van der Waals surface area (Å²) in [4.78, 5) is 0.0881. The van der Waals surface area contributed by atoms with Gasteiger partial charge in [-0.05, 0) is 54.8 Å². The Labute approximate surface area is 166 Å². The third-order valence-corrected chi connectivity index (χ3v) is 6.23. The van der Waals surface area contributed by atoms with Gasteiger partial charge in [-0.2, -0.15) is 4.31 Å². The second-order valence-electron chi connectivity index (χ2n) is 6.52. The number of nitrogens with zero attached hydrogens (tertiary/aromatic N) is 1. The number of hydrogen-bond donors (Lipinski definition) is 2. The van der Waals surface area contributed by atoms with Crippen molar-refractivity contribution >= 4 is 22.4 Å². The van der Waals surface area contributed by atoms with Crippen LogP contribution in [-0.2, 0) is 16.6 Å². The summed E-state index contributed by atoms with van der Waals surface area (Å²) in [7, 11) is -3.71. The smallest absolute Gasteiger partial charge is 0.246 e. The minimum absolute atomic E-state index is 0. The van der Waals surface area contributed by atoms with E-state index in [0.717, 1.165) is 11.1 Å². The maximum absolute atomic E-state index is 13.1. The van der Waals surface area contributed by atoms with Gasteiger partial charge in [-0.25, -0.2) is 8.42 Å². The minimum Gasteiger partial charge on any atom is -0.456 e. The van der Waals surface area contributed by atoms with Gasteiger partial charge in [0.15, 0.2) is 0 Å². The Morgan fingerprint density at radius 3 is 2.30 bits per heavy atom. The van der Waals surface area contributed by atoms with Gasteiger partial charge in [-0.1, -0.05) is 12.1 Å². The number of nitrogens with one attached hydrogen (secondary N) is 1. The first kappa shape index (κ1) is 21.7. The molecule has 1 aliphatic heterocycles. The molecule has 0 spiro atoms. The highest BCUT2D eigenvalue weighted by Gasteiger charge is 2.29. The highest BCUT2D eigenvalue weighted by atomic mass is 35.5. The van der Waals surface area contributed by atoms with E-state index in [1.54, 1.807) is 12.1 Å². The number of hydrogen-bond acceptors (Lipinski definition) is 5. The Balaban J connectivity index is 0.00000261. The van der Waals surface area contributed by atoms with E-state index >= 15 is 0 Å². The lowest BCUT2D eigenvalue weighted by molar-refractivity contribution is 0.281. The molecule has 0 aliphatic carbocycles. The van der Waals surface area contributed by atoms with Crippen LogP contribution in [0.5, 0.6) is 11.5 Å². The van der Waals surface area contributed by atoms with Crippen molar-refractivity contribution in [2.24, 2.45) is 0 Å². The zero-order valence-corrected chi connectivity index (χ0v) is 17.1. The molecule has 0 radical (unpaired) electrons. The molecule has 0 bridgehead atoms. The number of rotatable bonds is 5. The molecule has 0 unspecified atom stereocenters. The Bertz CT molecular complexity index is 876. The summed E-state index contributed by atoms with van der Waals surface area (Å²) in [5.74, 6) is 0.863. The molecule has 2 aromatic rings. The summed E-state index contributed by atoms with van der Waals surface area (Å²) in [5, 5.41) is 12.6. The van der Waals surface area contributed by atoms with Crippen molar-refractivity contribution in [3.63, 3.8) is 0 Å². The summed E-state index contributed by atoms with van der Waals surface area (Å²) in [6, 6.07) is 10.5. The lowest BCUT2D eigenvalue weighted by atomic mass is 10.1. The van der Waals surface area contributed by atoms with E-state index in [9.17, 15) is 13.5 Å². The maximum atomic E-state index is 13.1. The van der Waals surface area contributed by atoms with Gasteiger partial charge in [0.1, 0.15) is 16.4 Å². The molecule has 3 rings (SSSR count). The summed E-state index contributed by atoms with van der Waals surface area (Å²) in [6.07, 6.45) is 0. The summed E-state index contributed by atoms with van der Waals surface area (Å²) in [5.41, 5.74) is 2.61. The number of sulfonamides is 1. The normalized spacial score (nSPS) is 15.2. The highest BCUT2D eigenvalue weighted by molar-refractivity contribution is 7.89. The van der Waals surface area contributed by atoms with Gasteiger partial charge in [0.25, 0.3) is 0 Å². The molecule has 27 heavy (non-hydrogen) atoms. The standard InChI is InChI=1S/C19H24N2O4S.ClH/c1-14-9-15(2)11-17(10-14)25-18-4-3-16(13-22)12-19(18)26(23,24)21-7-5-20-6-8-21;/h3-4,9-12,20,22H,5-8,13H2,1-2H3;1H. The van der Waals surface area contributed by atoms with Crippen molar-refractivity contribution in [1.29, 1.82) is 0 Å². The maximum Gasteiger partial charge on any atom is 0.246 e. The fraction of sp³-hybridized carbons (Fsp3) is 0.368. The van der Waals surface area contributed by atoms with E-state index in [2.05, 4.69) is 5.32 Å². The minimum atomic E-state index is -3.71. The molecular formula is C19H25ClN2O4S. The number of benzene rings is 2. The molecule has 2 aromatic carbocycles. The van der Waals surface area contributed by atoms with Crippen molar-refractivity contribution in [1.82, 2.24) is 9.62 Å². The van der Waals surface area contributed by atoms with E-state index in [0.29, 0.717) is 37.5 Å². The molecule has 8 heteroatoms. The second kappa shape index (κ2) is 9.03. The molecule has 1 heterocycles. The first-order valence-electron chi connectivity index (χ1n) is 8.61. The lowest BCUT2D eigenvalue weighted by Gasteiger charge is -2.27. The predicted octanol–water partition coefficient (Wildman–Crippen LogP) is 2.60. The molecular weight excluding hydrogens is 388 g/mol. The van der Waals surface area contributed by atoms with Crippen LogP contribution in [0.1, 0.15) is 16.7 Å². The first-order chi connectivity index (χ1) is 12.4. The Morgan fingerprint density at radius 1 is 1.07 bits per heavy atom. The Morgan fingerprint density at radius 2 is 1.70 bits per heavy atom. The van der Waals surface area contributed by atoms with Crippen LogP contribution in [0.3, 0.4) is 0 Å². The van der Waals surface area contributed by atoms with Gasteiger partial charge in [0.2, 0.25) is 10.0 Å². The van der Waals surface area contributed by atoms with Crippen molar-refractivity contribution in [2.75, 3.05) is 26.2 Å². The monoisotopic (exact) mass is 412 g/mol. The number of ether oxygens (including phenoxy) is 1. The van der Waals surface area contributed by atoms with Crippen molar-refractivity contribution < 1.29 is 18.3 Å². The van der Waals surface area contributed by atoms with Crippen LogP contribution in [0.2, 0.25) is 0 Å². The average molecular weight is 413 g/mol. The van der Waals surface area contributed by atoms with Gasteiger partial charge in [0.05, 0.1) is 6.61 Å². The van der Waals surface area contributed by atoms with Crippen LogP contribution in [0.15, 0.2) is 41.3 Å². The average Bonchev–Trinajstić information content (AvgIpc) is 2.62. The zero-order valence-electron chi connectivity index (χ0n) is 15.4. The van der Waals surface area contributed by atoms with E-state index in [1.807, 2.05) is 32.0 Å². The highest BCUT2D eigenvalue weighted by Crippen LogP contribution is 2.32. The predicted molar refractivity (Wildman–Crippen MR) is 107 cm³/mol. The van der Waals surface area contributed by atoms with Gasteiger partial charge in [-0.3, -0.25) is 0 Å². The van der Waals surface area contributed by atoms with Crippen LogP contribution >= 0.6 is 12.4 Å². The van der Waals surface area contributed by atoms with Crippen molar-refractivity contribution in [2.45, 2.75) is 25.3 Å². The molecule has 6 nitrogen and oxygen atoms in total. The number of aryl methyl sites for hydroxylation is 2. The number of aliphatic hydroxyl groups is 1. The molecule has 0 atom stereocenters. The van der Waals surface area contributed by atoms with Crippen LogP contribution < -0.4 is 10.1 Å². The van der Waals surface area contributed by atoms with Crippen LogP contribution in [0, 0.1) is 13.8 Å². The third kappa shape index (κ3) is 5.00. The molecule has 148 valence electrons. The molecule has 0 amide bonds. The molecule has 1 aliphatic rings. The summed E-state index contributed by atoms with van der Waals surface area (Å²) >= 11 is 0. The Hall–Kier alpha value is -1.64. The fourth-order valence-corrected chi connectivity index (χ4v) is 4.69. The SMILES string of the molecule is Cc1cc(C)cc(Oc2ccc(CO)cc2S(=O)(=O)N2CCNCC2)c1.Cl. The summed E-state index contributed by atoms with van der Waals surface area (Å²) < 4.78 is 33.7. The molecule has 0 aromatic heterocycles. The Kier molecular flexibility index (Phi) is 7.25. The van der Waals surface area contributed by atoms with E-state index in [4.69, 9.17) is 4.74 Å². The topological polar surface area (TPSA) is 78.9 Å². The van der Waals surface area contributed by atoms with Crippen LogP contribution in [-0.4, -0.2) is 44.0 Å². The molecule has 1 saturated heterocycles. The van der Waals surface area contributed by atoms with Crippen LogP contribution in [0.25, 0.3) is 0 Å². The van der Waals surface area contributed by atoms with E-state index in [-0.39, 0.29) is 29.7 Å². The fourth-order valence-electron chi connectivity index (χ4n) is 3.08. The van der Waals surface area contributed by atoms with Crippen molar-refractivity contribution in [3.05, 3.63) is 53.1 Å². The van der Waals surface area contributed by atoms with Gasteiger partial charge in [-0.15, -0.1) is 12.4 Å². The summed E-state index contributed by atoms with van der Waals surface area (Å²) in [6.45, 7) is 5.76. The molecule has 0 saturated carbocycles.